The molecule has 4 atom stereocenters. The average Bonchev–Trinajstić information content (AvgIpc) is 3.39. The molecule has 2 aromatic heterocycles. The van der Waals surface area contributed by atoms with Gasteiger partial charge in [-0.1, -0.05) is 6.92 Å². The average molecular weight is 645 g/mol. The van der Waals surface area contributed by atoms with E-state index in [2.05, 4.69) is 27.2 Å². The number of allylic oxidation sites excluding steroid dienone is 1. The molecular weight excluding hydrogens is 606 g/mol. The molecule has 11 nitrogen and oxygen atoms in total. The number of sulfone groups is 1. The van der Waals surface area contributed by atoms with Crippen molar-refractivity contribution in [3.05, 3.63) is 76.9 Å². The van der Waals surface area contributed by atoms with Crippen LogP contribution < -0.4 is 11.1 Å². The van der Waals surface area contributed by atoms with Crippen molar-refractivity contribution in [2.24, 2.45) is 11.7 Å². The number of pyridine rings is 1. The molecule has 1 aliphatic carbocycles. The molecular formula is C31H38F2N6O5S. The second kappa shape index (κ2) is 13.4. The molecule has 0 bridgehead atoms. The second-order valence-corrected chi connectivity index (χ2v) is 14.1. The Kier molecular flexibility index (Phi) is 9.80. The van der Waals surface area contributed by atoms with Gasteiger partial charge in [0.05, 0.1) is 66.7 Å². The number of rotatable bonds is 12. The Balaban J connectivity index is 1.24. The van der Waals surface area contributed by atoms with Crippen molar-refractivity contribution in [1.82, 2.24) is 15.0 Å². The lowest BCUT2D eigenvalue weighted by Gasteiger charge is -2.40. The third-order valence-corrected chi connectivity index (χ3v) is 9.34. The summed E-state index contributed by atoms with van der Waals surface area (Å²) in [7, 11) is -1.66. The van der Waals surface area contributed by atoms with E-state index in [1.165, 1.54) is 43.8 Å². The minimum Gasteiger partial charge on any atom is -0.375 e. The topological polar surface area (TPSA) is 165 Å². The highest BCUT2D eigenvalue weighted by atomic mass is 32.2. The van der Waals surface area contributed by atoms with Gasteiger partial charge in [0.15, 0.2) is 0 Å². The number of benzene rings is 1. The lowest BCUT2D eigenvalue weighted by Crippen LogP contribution is -2.48. The van der Waals surface area contributed by atoms with E-state index in [9.17, 15) is 17.2 Å². The number of nitrogens with two attached hydrogens (primary N) is 1. The molecule has 2 aliphatic rings. The van der Waals surface area contributed by atoms with Crippen LogP contribution in [-0.4, -0.2) is 80.2 Å². The van der Waals surface area contributed by atoms with Gasteiger partial charge in [0, 0.05) is 25.6 Å². The molecule has 1 saturated carbocycles. The van der Waals surface area contributed by atoms with E-state index in [1.54, 1.807) is 12.4 Å². The number of nitrogens with one attached hydrogen (secondary N) is 3. The summed E-state index contributed by atoms with van der Waals surface area (Å²) in [6.45, 7) is 2.57. The molecule has 1 aliphatic heterocycles. The molecule has 0 spiro atoms. The van der Waals surface area contributed by atoms with Crippen LogP contribution in [0.5, 0.6) is 0 Å². The largest absolute Gasteiger partial charge is 0.375 e. The van der Waals surface area contributed by atoms with E-state index < -0.39 is 32.6 Å². The Morgan fingerprint density at radius 3 is 2.62 bits per heavy atom. The zero-order valence-electron chi connectivity index (χ0n) is 25.3. The van der Waals surface area contributed by atoms with E-state index in [1.807, 2.05) is 6.07 Å². The van der Waals surface area contributed by atoms with E-state index in [-0.39, 0.29) is 55.3 Å². The van der Waals surface area contributed by atoms with Gasteiger partial charge in [-0.15, -0.1) is 0 Å². The first-order chi connectivity index (χ1) is 21.4. The molecule has 1 aromatic carbocycles. The number of ether oxygens (including phenoxy) is 3. The predicted molar refractivity (Wildman–Crippen MR) is 166 cm³/mol. The summed E-state index contributed by atoms with van der Waals surface area (Å²) in [5, 5.41) is 11.6. The number of aromatic nitrogens is 3. The van der Waals surface area contributed by atoms with Gasteiger partial charge in [0.1, 0.15) is 27.1 Å². The molecule has 2 fully saturated rings. The van der Waals surface area contributed by atoms with Crippen LogP contribution in [0.1, 0.15) is 48.1 Å². The molecule has 5 N–H and O–H groups in total. The second-order valence-electron chi connectivity index (χ2n) is 11.8. The van der Waals surface area contributed by atoms with E-state index in [0.717, 1.165) is 17.7 Å². The molecule has 0 radical (unpaired) electrons. The lowest BCUT2D eigenvalue weighted by molar-refractivity contribution is -0.202. The summed E-state index contributed by atoms with van der Waals surface area (Å²) in [6.07, 6.45) is 10.1. The Morgan fingerprint density at radius 2 is 2.00 bits per heavy atom. The molecule has 1 saturated heterocycles. The van der Waals surface area contributed by atoms with Crippen LogP contribution in [0.25, 0.3) is 6.08 Å². The van der Waals surface area contributed by atoms with Crippen LogP contribution in [0.2, 0.25) is 0 Å². The van der Waals surface area contributed by atoms with Gasteiger partial charge >= 0.3 is 0 Å². The number of aromatic amines is 1. The summed E-state index contributed by atoms with van der Waals surface area (Å²) in [5.74, 6) is -1.13. The van der Waals surface area contributed by atoms with Crippen LogP contribution in [0, 0.1) is 23.0 Å². The van der Waals surface area contributed by atoms with E-state index in [0.29, 0.717) is 23.6 Å². The predicted octanol–water partition coefficient (Wildman–Crippen LogP) is 4.05. The Hall–Kier alpha value is -3.56. The lowest BCUT2D eigenvalue weighted by atomic mass is 9.74. The van der Waals surface area contributed by atoms with Crippen LogP contribution >= 0.6 is 0 Å². The van der Waals surface area contributed by atoms with Crippen LogP contribution in [0.4, 0.5) is 20.4 Å². The van der Waals surface area contributed by atoms with E-state index in [4.69, 9.17) is 25.4 Å². The van der Waals surface area contributed by atoms with Gasteiger partial charge in [-0.3, -0.25) is 4.98 Å². The number of halogens is 2. The third-order valence-electron chi connectivity index (χ3n) is 8.43. The summed E-state index contributed by atoms with van der Waals surface area (Å²) in [6, 6.07) is 4.03. The molecule has 242 valence electrons. The van der Waals surface area contributed by atoms with Crippen LogP contribution in [-0.2, 0) is 29.6 Å². The number of anilines is 2. The number of methoxy groups -OCH3 is 1. The summed E-state index contributed by atoms with van der Waals surface area (Å²) in [5.41, 5.74) is 7.43. The third kappa shape index (κ3) is 7.47. The van der Waals surface area contributed by atoms with Crippen molar-refractivity contribution < 1.29 is 31.4 Å². The summed E-state index contributed by atoms with van der Waals surface area (Å²) >= 11 is 0. The fraction of sp³-hybridized carbons (Fsp3) is 0.452. The maximum Gasteiger partial charge on any atom is 0.205 e. The van der Waals surface area contributed by atoms with Crippen LogP contribution in [0.3, 0.4) is 0 Å². The van der Waals surface area contributed by atoms with Gasteiger partial charge < -0.3 is 35.7 Å². The van der Waals surface area contributed by atoms with Gasteiger partial charge in [-0.2, -0.15) is 0 Å². The fourth-order valence-electron chi connectivity index (χ4n) is 5.96. The Labute approximate surface area is 261 Å². The molecule has 0 amide bonds. The minimum atomic E-state index is -3.12. The monoisotopic (exact) mass is 644 g/mol. The normalized spacial score (nSPS) is 23.2. The first kappa shape index (κ1) is 32.8. The molecule has 3 heterocycles. The smallest absolute Gasteiger partial charge is 0.205 e. The number of hydrogen-bond acceptors (Lipinski definition) is 10. The van der Waals surface area contributed by atoms with E-state index >= 15 is 0 Å². The maximum atomic E-state index is 14.9. The first-order valence-corrected chi connectivity index (χ1v) is 16.7. The quantitative estimate of drug-likeness (QED) is 0.213. The highest BCUT2D eigenvalue weighted by Crippen LogP contribution is 2.40. The Morgan fingerprint density at radius 1 is 1.27 bits per heavy atom. The van der Waals surface area contributed by atoms with Gasteiger partial charge in [-0.05, 0) is 66.2 Å². The van der Waals surface area contributed by atoms with Crippen LogP contribution in [0.15, 0.2) is 42.9 Å². The van der Waals surface area contributed by atoms with Crippen molar-refractivity contribution in [2.45, 2.75) is 43.4 Å². The van der Waals surface area contributed by atoms with Gasteiger partial charge in [0.2, 0.25) is 5.95 Å². The van der Waals surface area contributed by atoms with Crippen molar-refractivity contribution in [3.63, 3.8) is 0 Å². The Bertz CT molecular complexity index is 1640. The fourth-order valence-corrected chi connectivity index (χ4v) is 6.36. The highest BCUT2D eigenvalue weighted by molar-refractivity contribution is 7.90. The molecule has 0 unspecified atom stereocenters. The zero-order chi connectivity index (χ0) is 32.4. The molecule has 45 heavy (non-hydrogen) atoms. The van der Waals surface area contributed by atoms with Crippen molar-refractivity contribution in [3.8, 4) is 0 Å². The maximum absolute atomic E-state index is 14.9. The minimum absolute atomic E-state index is 0.0429. The standard InChI is InChI=1S/C31H38F2N6O5S/c1-18-10-19(11-26(35)29(18)44-8-9-45(3,40)41)22-6-7-36-15-27(22)39-30-37-14-21(38-30)4-5-25(34)28-23(32)12-20(13-24(28)33)31(42-2)16-43-17-31/h4-7,12-15,18-19,26,29,34H,8-11,16-17,35H2,1-3H3,(H2,37,38,39)/b5-4-,34-25?/t18-,19+,26+,29-/m0/s1. The van der Waals surface area contributed by atoms with Crippen molar-refractivity contribution in [2.75, 3.05) is 44.3 Å². The summed E-state index contributed by atoms with van der Waals surface area (Å²) in [4.78, 5) is 11.7. The van der Waals surface area contributed by atoms with Gasteiger partial charge in [0.25, 0.3) is 0 Å². The molecule has 14 heteroatoms. The number of hydrogen-bond donors (Lipinski definition) is 4. The first-order valence-electron chi connectivity index (χ1n) is 14.6. The van der Waals surface area contributed by atoms with Crippen molar-refractivity contribution in [1.29, 1.82) is 5.41 Å². The molecule has 5 rings (SSSR count). The SMILES string of the molecule is COC1(c2cc(F)c(C(=N)/C=C\c3cnc(Nc4cnccc4[C@H]4C[C@@H](N)[C@@H](OCCS(C)(=O)=O)[C@@H](C)C4)[nH]3)c(F)c2)COC1. The molecule has 3 aromatic rings. The zero-order valence-corrected chi connectivity index (χ0v) is 26.2. The highest BCUT2D eigenvalue weighted by Gasteiger charge is 2.42. The summed E-state index contributed by atoms with van der Waals surface area (Å²) < 4.78 is 69.3. The van der Waals surface area contributed by atoms with Crippen molar-refractivity contribution >= 4 is 33.3 Å². The number of imidazole rings is 1. The number of nitrogens with zero attached hydrogens (tertiary/aromatic N) is 2. The number of H-pyrrole nitrogens is 1. The van der Waals surface area contributed by atoms with Gasteiger partial charge in [-0.25, -0.2) is 22.2 Å².